The number of nitrogens with one attached hydrogen (secondary N) is 1. The second-order valence-electron chi connectivity index (χ2n) is 11.8. The maximum Gasteiger partial charge on any atom is 0.264 e. The highest BCUT2D eigenvalue weighted by atomic mass is 35.5. The fourth-order valence-corrected chi connectivity index (χ4v) is 6.84. The van der Waals surface area contributed by atoms with Crippen LogP contribution in [0.4, 0.5) is 5.69 Å². The van der Waals surface area contributed by atoms with E-state index in [-0.39, 0.29) is 35.5 Å². The summed E-state index contributed by atoms with van der Waals surface area (Å²) in [6.45, 7) is 3.18. The molecule has 10 heteroatoms. The van der Waals surface area contributed by atoms with Crippen LogP contribution in [0.25, 0.3) is 0 Å². The second kappa shape index (κ2) is 16.3. The normalized spacial score (nSPS) is 11.8. The van der Waals surface area contributed by atoms with Gasteiger partial charge >= 0.3 is 0 Å². The van der Waals surface area contributed by atoms with Gasteiger partial charge in [-0.1, -0.05) is 90.5 Å². The lowest BCUT2D eigenvalue weighted by Crippen LogP contribution is -2.54. The molecule has 0 saturated heterocycles. The van der Waals surface area contributed by atoms with Crippen molar-refractivity contribution in [2.75, 3.05) is 10.8 Å². The minimum absolute atomic E-state index is 0.0232. The third kappa shape index (κ3) is 9.49. The van der Waals surface area contributed by atoms with Gasteiger partial charge in [0.1, 0.15) is 24.1 Å². The molecule has 5 aromatic rings. The highest BCUT2D eigenvalue weighted by Gasteiger charge is 2.34. The molecule has 2 amide bonds. The molecular formula is C39H38ClN3O5S. The van der Waals surface area contributed by atoms with Gasteiger partial charge in [0.2, 0.25) is 11.8 Å². The summed E-state index contributed by atoms with van der Waals surface area (Å²) in [5.41, 5.74) is 1.84. The van der Waals surface area contributed by atoms with E-state index in [0.717, 1.165) is 15.4 Å². The molecule has 0 aromatic heterocycles. The Morgan fingerprint density at radius 1 is 0.714 bits per heavy atom. The van der Waals surface area contributed by atoms with Crippen molar-refractivity contribution in [2.45, 2.75) is 43.8 Å². The van der Waals surface area contributed by atoms with Crippen molar-refractivity contribution in [3.8, 4) is 11.5 Å². The van der Waals surface area contributed by atoms with E-state index in [1.165, 1.54) is 17.0 Å². The van der Waals surface area contributed by atoms with Crippen molar-refractivity contribution in [3.05, 3.63) is 156 Å². The number of anilines is 1. The van der Waals surface area contributed by atoms with Gasteiger partial charge in [-0.15, -0.1) is 0 Å². The predicted molar refractivity (Wildman–Crippen MR) is 193 cm³/mol. The number of carbonyl (C=O) groups excluding carboxylic acids is 2. The van der Waals surface area contributed by atoms with Crippen molar-refractivity contribution in [1.29, 1.82) is 0 Å². The Morgan fingerprint density at radius 3 is 1.86 bits per heavy atom. The van der Waals surface area contributed by atoms with Gasteiger partial charge in [0, 0.05) is 24.0 Å². The lowest BCUT2D eigenvalue weighted by Gasteiger charge is -2.34. The summed E-state index contributed by atoms with van der Waals surface area (Å²) in [6, 6.07) is 38.9. The molecule has 0 unspecified atom stereocenters. The van der Waals surface area contributed by atoms with Crippen molar-refractivity contribution in [1.82, 2.24) is 10.2 Å². The Kier molecular flexibility index (Phi) is 11.7. The molecule has 5 rings (SSSR count). The van der Waals surface area contributed by atoms with E-state index in [4.69, 9.17) is 16.3 Å². The van der Waals surface area contributed by atoms with E-state index >= 15 is 0 Å². The quantitative estimate of drug-likeness (QED) is 0.130. The molecule has 0 saturated carbocycles. The monoisotopic (exact) mass is 695 g/mol. The molecule has 0 aliphatic carbocycles. The van der Waals surface area contributed by atoms with Crippen molar-refractivity contribution >= 4 is 39.1 Å². The lowest BCUT2D eigenvalue weighted by molar-refractivity contribution is -0.140. The van der Waals surface area contributed by atoms with Crippen molar-refractivity contribution in [2.24, 2.45) is 0 Å². The molecule has 0 aliphatic rings. The van der Waals surface area contributed by atoms with Gasteiger partial charge in [-0.25, -0.2) is 8.42 Å². The fourth-order valence-electron chi connectivity index (χ4n) is 5.27. The van der Waals surface area contributed by atoms with Gasteiger partial charge < -0.3 is 15.0 Å². The molecule has 5 aromatic carbocycles. The Hall–Kier alpha value is -5.12. The largest absolute Gasteiger partial charge is 0.457 e. The minimum atomic E-state index is -4.23. The maximum atomic E-state index is 14.6. The summed E-state index contributed by atoms with van der Waals surface area (Å²) < 4.78 is 35.5. The third-order valence-corrected chi connectivity index (χ3v) is 9.72. The van der Waals surface area contributed by atoms with E-state index in [1.54, 1.807) is 66.7 Å². The summed E-state index contributed by atoms with van der Waals surface area (Å²) in [4.78, 5) is 29.9. The number of hydrogen-bond acceptors (Lipinski definition) is 5. The average Bonchev–Trinajstić information content (AvgIpc) is 3.11. The van der Waals surface area contributed by atoms with E-state index in [0.29, 0.717) is 16.5 Å². The zero-order valence-corrected chi connectivity index (χ0v) is 28.8. The first-order valence-electron chi connectivity index (χ1n) is 15.9. The first-order chi connectivity index (χ1) is 23.6. The maximum absolute atomic E-state index is 14.6. The summed E-state index contributed by atoms with van der Waals surface area (Å²) in [7, 11) is -4.23. The van der Waals surface area contributed by atoms with E-state index < -0.39 is 28.5 Å². The summed E-state index contributed by atoms with van der Waals surface area (Å²) in [5, 5.41) is 3.49. The molecular weight excluding hydrogens is 658 g/mol. The summed E-state index contributed by atoms with van der Waals surface area (Å²) in [5.74, 6) is 0.220. The number of sulfonamides is 1. The number of amides is 2. The van der Waals surface area contributed by atoms with E-state index in [9.17, 15) is 18.0 Å². The van der Waals surface area contributed by atoms with Crippen molar-refractivity contribution in [3.63, 3.8) is 0 Å². The Bertz CT molecular complexity index is 1920. The molecule has 8 nitrogen and oxygen atoms in total. The standard InChI is InChI=1S/C39H38ClN3O5S/c1-29(2)41-39(45)37(26-30-12-6-3-7-13-30)42(27-31-18-20-32(40)21-19-31)38(44)28-43(49(46,47)36-16-10-5-11-17-36)33-22-24-35(25-23-33)48-34-14-8-4-9-15-34/h3-25,29,37H,26-28H2,1-2H3,(H,41,45)/t37-/m1/s1. The minimum Gasteiger partial charge on any atom is -0.457 e. The highest BCUT2D eigenvalue weighted by Crippen LogP contribution is 2.29. The van der Waals surface area contributed by atoms with Gasteiger partial charge in [0.25, 0.3) is 10.0 Å². The van der Waals surface area contributed by atoms with Crippen LogP contribution >= 0.6 is 11.6 Å². The number of para-hydroxylation sites is 1. The van der Waals surface area contributed by atoms with E-state index in [1.807, 2.05) is 74.5 Å². The van der Waals surface area contributed by atoms with Gasteiger partial charge in [0.05, 0.1) is 10.6 Å². The van der Waals surface area contributed by atoms with Crippen LogP contribution in [0.2, 0.25) is 5.02 Å². The van der Waals surface area contributed by atoms with Crippen LogP contribution in [0.1, 0.15) is 25.0 Å². The number of nitrogens with zero attached hydrogens (tertiary/aromatic N) is 2. The first-order valence-corrected chi connectivity index (χ1v) is 17.7. The first kappa shape index (κ1) is 35.2. The Labute approximate surface area is 293 Å². The number of ether oxygens (including phenoxy) is 1. The van der Waals surface area contributed by atoms with Crippen LogP contribution in [-0.4, -0.2) is 43.8 Å². The van der Waals surface area contributed by atoms with Crippen LogP contribution in [-0.2, 0) is 32.6 Å². The number of carbonyl (C=O) groups is 2. The second-order valence-corrected chi connectivity index (χ2v) is 14.0. The van der Waals surface area contributed by atoms with Gasteiger partial charge in [-0.05, 0) is 85.6 Å². The van der Waals surface area contributed by atoms with Crippen LogP contribution < -0.4 is 14.4 Å². The van der Waals surface area contributed by atoms with Crippen LogP contribution in [0.3, 0.4) is 0 Å². The highest BCUT2D eigenvalue weighted by molar-refractivity contribution is 7.92. The molecule has 0 aliphatic heterocycles. The van der Waals surface area contributed by atoms with E-state index in [2.05, 4.69) is 5.32 Å². The number of halogens is 1. The Morgan fingerprint density at radius 2 is 1.27 bits per heavy atom. The topological polar surface area (TPSA) is 96.0 Å². The molecule has 252 valence electrons. The molecule has 49 heavy (non-hydrogen) atoms. The van der Waals surface area contributed by atoms with Gasteiger partial charge in [0.15, 0.2) is 0 Å². The van der Waals surface area contributed by atoms with Crippen LogP contribution in [0, 0.1) is 0 Å². The molecule has 0 radical (unpaired) electrons. The number of rotatable bonds is 14. The molecule has 0 fully saturated rings. The predicted octanol–water partition coefficient (Wildman–Crippen LogP) is 7.49. The molecule has 0 bridgehead atoms. The summed E-state index contributed by atoms with van der Waals surface area (Å²) in [6.07, 6.45) is 0.218. The smallest absolute Gasteiger partial charge is 0.264 e. The molecule has 1 atom stereocenters. The van der Waals surface area contributed by atoms with Crippen molar-refractivity contribution < 1.29 is 22.7 Å². The fraction of sp³-hybridized carbons (Fsp3) is 0.179. The SMILES string of the molecule is CC(C)NC(=O)[C@@H](Cc1ccccc1)N(Cc1ccc(Cl)cc1)C(=O)CN(c1ccc(Oc2ccccc2)cc1)S(=O)(=O)c1ccccc1. The van der Waals surface area contributed by atoms with Gasteiger partial charge in [-0.2, -0.15) is 0 Å². The lowest BCUT2D eigenvalue weighted by atomic mass is 10.0. The van der Waals surface area contributed by atoms with Crippen LogP contribution in [0.5, 0.6) is 11.5 Å². The molecule has 1 N–H and O–H groups in total. The Balaban J connectivity index is 1.54. The number of hydrogen-bond donors (Lipinski definition) is 1. The third-order valence-electron chi connectivity index (χ3n) is 7.68. The molecule has 0 spiro atoms. The van der Waals surface area contributed by atoms with Gasteiger partial charge in [-0.3, -0.25) is 13.9 Å². The number of benzene rings is 5. The zero-order valence-electron chi connectivity index (χ0n) is 27.3. The molecule has 0 heterocycles. The summed E-state index contributed by atoms with van der Waals surface area (Å²) >= 11 is 6.16. The van der Waals surface area contributed by atoms with Crippen LogP contribution in [0.15, 0.2) is 144 Å². The average molecular weight is 696 g/mol. The zero-order chi connectivity index (χ0) is 34.8.